The maximum atomic E-state index is 6.22. The van der Waals surface area contributed by atoms with Crippen LogP contribution in [-0.4, -0.2) is 63.3 Å². The number of ether oxygens (including phenoxy) is 1. The second-order valence-electron chi connectivity index (χ2n) is 8.70. The summed E-state index contributed by atoms with van der Waals surface area (Å²) in [7, 11) is 0. The Labute approximate surface area is 174 Å². The third kappa shape index (κ3) is 4.25. The summed E-state index contributed by atoms with van der Waals surface area (Å²) in [6, 6.07) is 6.18. The van der Waals surface area contributed by atoms with Gasteiger partial charge in [0.15, 0.2) is 5.96 Å². The van der Waals surface area contributed by atoms with Gasteiger partial charge >= 0.3 is 0 Å². The zero-order chi connectivity index (χ0) is 19.6. The number of halogens is 1. The van der Waals surface area contributed by atoms with Crippen LogP contribution in [0.1, 0.15) is 31.7 Å². The first kappa shape index (κ1) is 19.8. The minimum absolute atomic E-state index is 0.366. The van der Waals surface area contributed by atoms with Crippen molar-refractivity contribution in [3.63, 3.8) is 0 Å². The Kier molecular flexibility index (Phi) is 6.02. The van der Waals surface area contributed by atoms with Gasteiger partial charge in [0, 0.05) is 62.0 Å². The van der Waals surface area contributed by atoms with Crippen molar-refractivity contribution in [2.45, 2.75) is 33.1 Å². The summed E-state index contributed by atoms with van der Waals surface area (Å²) < 4.78 is 5.68. The van der Waals surface area contributed by atoms with Gasteiger partial charge in [-0.1, -0.05) is 17.7 Å². The minimum Gasteiger partial charge on any atom is -0.381 e. The summed E-state index contributed by atoms with van der Waals surface area (Å²) in [5.74, 6) is 1.68. The molecule has 3 fully saturated rings. The van der Waals surface area contributed by atoms with Crippen LogP contribution in [0.15, 0.2) is 23.2 Å². The fourth-order valence-electron chi connectivity index (χ4n) is 4.85. The number of nitrogens with one attached hydrogen (secondary N) is 1. The number of benzene rings is 1. The number of rotatable bonds is 4. The van der Waals surface area contributed by atoms with Crippen LogP contribution in [0.4, 0.5) is 5.69 Å². The van der Waals surface area contributed by atoms with Crippen molar-refractivity contribution in [3.8, 4) is 0 Å². The zero-order valence-electron chi connectivity index (χ0n) is 17.2. The van der Waals surface area contributed by atoms with Crippen LogP contribution in [0, 0.1) is 18.3 Å². The number of likely N-dealkylation sites (tertiary alicyclic amines) is 1. The normalized spacial score (nSPS) is 28.0. The molecule has 6 heteroatoms. The Hall–Kier alpha value is -1.46. The van der Waals surface area contributed by atoms with Gasteiger partial charge in [-0.05, 0) is 56.7 Å². The third-order valence-corrected chi connectivity index (χ3v) is 6.79. The lowest BCUT2D eigenvalue weighted by Gasteiger charge is -2.25. The smallest absolute Gasteiger partial charge is 0.193 e. The molecule has 2 unspecified atom stereocenters. The van der Waals surface area contributed by atoms with Crippen molar-refractivity contribution < 1.29 is 4.74 Å². The average Bonchev–Trinajstić information content (AvgIpc) is 3.43. The van der Waals surface area contributed by atoms with Crippen LogP contribution in [0.5, 0.6) is 0 Å². The zero-order valence-corrected chi connectivity index (χ0v) is 18.0. The summed E-state index contributed by atoms with van der Waals surface area (Å²) in [6.07, 6.45) is 3.61. The lowest BCUT2D eigenvalue weighted by atomic mass is 9.87. The number of anilines is 1. The van der Waals surface area contributed by atoms with E-state index in [0.717, 1.165) is 63.5 Å². The van der Waals surface area contributed by atoms with E-state index >= 15 is 0 Å². The fraction of sp³-hybridized carbons (Fsp3) is 0.682. The molecule has 3 aliphatic heterocycles. The lowest BCUT2D eigenvalue weighted by Crippen LogP contribution is -2.41. The van der Waals surface area contributed by atoms with Gasteiger partial charge < -0.3 is 19.9 Å². The molecule has 3 saturated heterocycles. The van der Waals surface area contributed by atoms with Gasteiger partial charge in [0.2, 0.25) is 0 Å². The largest absolute Gasteiger partial charge is 0.381 e. The summed E-state index contributed by atoms with van der Waals surface area (Å²) in [5.41, 5.74) is 2.93. The van der Waals surface area contributed by atoms with E-state index in [-0.39, 0.29) is 0 Å². The topological polar surface area (TPSA) is 40.1 Å². The summed E-state index contributed by atoms with van der Waals surface area (Å²) in [6.45, 7) is 12.3. The van der Waals surface area contributed by atoms with Crippen molar-refractivity contribution in [3.05, 3.63) is 28.8 Å². The molecule has 0 saturated carbocycles. The van der Waals surface area contributed by atoms with Gasteiger partial charge in [0.05, 0.1) is 6.61 Å². The molecule has 1 spiro atoms. The van der Waals surface area contributed by atoms with Crippen LogP contribution < -0.4 is 10.2 Å². The average molecular weight is 405 g/mol. The molecule has 154 valence electrons. The predicted octanol–water partition coefficient (Wildman–Crippen LogP) is 3.55. The lowest BCUT2D eigenvalue weighted by molar-refractivity contribution is 0.156. The number of aliphatic imine (C=N–C) groups is 1. The Morgan fingerprint density at radius 2 is 2.25 bits per heavy atom. The minimum atomic E-state index is 0.366. The molecule has 3 aliphatic rings. The first-order chi connectivity index (χ1) is 13.6. The molecule has 28 heavy (non-hydrogen) atoms. The molecule has 0 bridgehead atoms. The Morgan fingerprint density at radius 1 is 1.36 bits per heavy atom. The summed E-state index contributed by atoms with van der Waals surface area (Å²) >= 11 is 6.22. The maximum absolute atomic E-state index is 6.22. The molecule has 0 radical (unpaired) electrons. The Balaban J connectivity index is 1.37. The molecule has 2 atom stereocenters. The van der Waals surface area contributed by atoms with Crippen LogP contribution in [-0.2, 0) is 4.74 Å². The second kappa shape index (κ2) is 8.50. The van der Waals surface area contributed by atoms with Crippen LogP contribution >= 0.6 is 11.6 Å². The quantitative estimate of drug-likeness (QED) is 0.615. The van der Waals surface area contributed by atoms with E-state index in [2.05, 4.69) is 41.1 Å². The van der Waals surface area contributed by atoms with E-state index < -0.39 is 0 Å². The van der Waals surface area contributed by atoms with E-state index in [4.69, 9.17) is 21.3 Å². The van der Waals surface area contributed by atoms with Crippen molar-refractivity contribution in [2.24, 2.45) is 16.3 Å². The highest BCUT2D eigenvalue weighted by Crippen LogP contribution is 2.38. The van der Waals surface area contributed by atoms with Crippen molar-refractivity contribution in [2.75, 3.05) is 57.4 Å². The number of nitrogens with zero attached hydrogens (tertiary/aromatic N) is 3. The van der Waals surface area contributed by atoms with Crippen LogP contribution in [0.25, 0.3) is 0 Å². The van der Waals surface area contributed by atoms with E-state index in [9.17, 15) is 0 Å². The van der Waals surface area contributed by atoms with E-state index in [0.29, 0.717) is 11.3 Å². The van der Waals surface area contributed by atoms with E-state index in [1.54, 1.807) is 0 Å². The monoisotopic (exact) mass is 404 g/mol. The summed E-state index contributed by atoms with van der Waals surface area (Å²) in [4.78, 5) is 9.96. The van der Waals surface area contributed by atoms with Gasteiger partial charge in [-0.3, -0.25) is 4.99 Å². The fourth-order valence-corrected chi connectivity index (χ4v) is 5.02. The van der Waals surface area contributed by atoms with E-state index in [1.165, 1.54) is 30.5 Å². The molecule has 3 heterocycles. The van der Waals surface area contributed by atoms with Gasteiger partial charge in [0.1, 0.15) is 0 Å². The van der Waals surface area contributed by atoms with Gasteiger partial charge in [-0.25, -0.2) is 0 Å². The van der Waals surface area contributed by atoms with E-state index in [1.807, 2.05) is 6.07 Å². The number of aryl methyl sites for hydroxylation is 1. The highest BCUT2D eigenvalue weighted by atomic mass is 35.5. The number of hydrogen-bond acceptors (Lipinski definition) is 3. The molecule has 4 rings (SSSR count). The second-order valence-corrected chi connectivity index (χ2v) is 9.14. The van der Waals surface area contributed by atoms with Crippen molar-refractivity contribution in [1.29, 1.82) is 0 Å². The van der Waals surface area contributed by atoms with Gasteiger partial charge in [-0.2, -0.15) is 0 Å². The first-order valence-corrected chi connectivity index (χ1v) is 11.1. The summed E-state index contributed by atoms with van der Waals surface area (Å²) in [5, 5.41) is 4.33. The number of hydrogen-bond donors (Lipinski definition) is 1. The van der Waals surface area contributed by atoms with Crippen LogP contribution in [0.2, 0.25) is 5.02 Å². The van der Waals surface area contributed by atoms with Gasteiger partial charge in [0.25, 0.3) is 0 Å². The molecular formula is C22H33ClN4O. The molecule has 1 N–H and O–H groups in total. The Morgan fingerprint density at radius 3 is 3.04 bits per heavy atom. The van der Waals surface area contributed by atoms with Crippen LogP contribution in [0.3, 0.4) is 0 Å². The molecule has 1 aromatic rings. The molecule has 0 aromatic heterocycles. The molecule has 0 amide bonds. The standard InChI is InChI=1S/C22H33ClN4O/c1-3-24-21(27-10-7-22(15-27)8-11-28-16-22)25-13-18-6-9-26(14-18)20-12-19(23)5-4-17(20)2/h4-5,12,18H,3,6-11,13-16H2,1-2H3,(H,24,25). The molecule has 1 aromatic carbocycles. The van der Waals surface area contributed by atoms with Crippen molar-refractivity contribution >= 4 is 23.2 Å². The van der Waals surface area contributed by atoms with Gasteiger partial charge in [-0.15, -0.1) is 0 Å². The third-order valence-electron chi connectivity index (χ3n) is 6.55. The highest BCUT2D eigenvalue weighted by Gasteiger charge is 2.42. The molecular weight excluding hydrogens is 372 g/mol. The SMILES string of the molecule is CCNC(=NCC1CCN(c2cc(Cl)ccc2C)C1)N1CCC2(CCOC2)C1. The molecule has 5 nitrogen and oxygen atoms in total. The predicted molar refractivity (Wildman–Crippen MR) is 117 cm³/mol. The molecule has 0 aliphatic carbocycles. The number of guanidine groups is 1. The highest BCUT2D eigenvalue weighted by molar-refractivity contribution is 6.30. The van der Waals surface area contributed by atoms with Crippen molar-refractivity contribution in [1.82, 2.24) is 10.2 Å². The first-order valence-electron chi connectivity index (χ1n) is 10.7. The Bertz CT molecular complexity index is 716. The maximum Gasteiger partial charge on any atom is 0.193 e.